The quantitative estimate of drug-likeness (QED) is 0.721. The van der Waals surface area contributed by atoms with E-state index in [-0.39, 0.29) is 30.7 Å². The number of ether oxygens (including phenoxy) is 1. The highest BCUT2D eigenvalue weighted by Gasteiger charge is 2.39. The summed E-state index contributed by atoms with van der Waals surface area (Å²) in [5, 5.41) is 0. The average Bonchev–Trinajstić information content (AvgIpc) is 3.08. The maximum Gasteiger partial charge on any atom is 0.339 e. The molecule has 0 spiro atoms. The molecule has 2 saturated heterocycles. The lowest BCUT2D eigenvalue weighted by Gasteiger charge is -2.35. The summed E-state index contributed by atoms with van der Waals surface area (Å²) in [7, 11) is 1.29. The van der Waals surface area contributed by atoms with Crippen LogP contribution in [-0.4, -0.2) is 73.3 Å². The normalized spacial score (nSPS) is 20.0. The van der Waals surface area contributed by atoms with Gasteiger partial charge >= 0.3 is 5.97 Å². The molecule has 0 saturated carbocycles. The number of hydrogen-bond donors (Lipinski definition) is 0. The summed E-state index contributed by atoms with van der Waals surface area (Å²) in [6.07, 6.45) is 0.112. The van der Waals surface area contributed by atoms with Gasteiger partial charge in [0.15, 0.2) is 0 Å². The highest BCUT2D eigenvalue weighted by atomic mass is 16.5. The number of rotatable bonds is 3. The Balaban J connectivity index is 1.70. The topological polar surface area (TPSA) is 87.2 Å². The van der Waals surface area contributed by atoms with Crippen LogP contribution in [0.15, 0.2) is 24.3 Å². The van der Waals surface area contributed by atoms with Gasteiger partial charge in [0.25, 0.3) is 0 Å². The second-order valence-corrected chi connectivity index (χ2v) is 6.75. The molecule has 27 heavy (non-hydrogen) atoms. The fourth-order valence-electron chi connectivity index (χ4n) is 3.60. The van der Waals surface area contributed by atoms with Gasteiger partial charge < -0.3 is 19.4 Å². The summed E-state index contributed by atoms with van der Waals surface area (Å²) < 4.78 is 4.79. The van der Waals surface area contributed by atoms with Crippen molar-refractivity contribution in [3.05, 3.63) is 29.8 Å². The van der Waals surface area contributed by atoms with Crippen LogP contribution in [0.3, 0.4) is 0 Å². The summed E-state index contributed by atoms with van der Waals surface area (Å²) in [6.45, 7) is 3.72. The van der Waals surface area contributed by atoms with Crippen LogP contribution in [0.2, 0.25) is 0 Å². The van der Waals surface area contributed by atoms with Crippen molar-refractivity contribution in [3.63, 3.8) is 0 Å². The van der Waals surface area contributed by atoms with Crippen LogP contribution in [0.4, 0.5) is 5.69 Å². The van der Waals surface area contributed by atoms with Gasteiger partial charge in [-0.1, -0.05) is 12.1 Å². The Kier molecular flexibility index (Phi) is 5.43. The van der Waals surface area contributed by atoms with E-state index < -0.39 is 11.9 Å². The second kappa shape index (κ2) is 7.77. The molecule has 8 heteroatoms. The molecule has 3 rings (SSSR count). The Morgan fingerprint density at radius 1 is 1.04 bits per heavy atom. The number of hydrogen-bond acceptors (Lipinski definition) is 5. The zero-order chi connectivity index (χ0) is 19.6. The molecule has 0 bridgehead atoms. The Bertz CT molecular complexity index is 770. The number of carbonyl (C=O) groups is 4. The SMILES string of the molecule is COC(=O)c1ccccc1N1CC(C(=O)N2CCN(C(C)=O)CC2)CC1=O. The number of para-hydroxylation sites is 1. The third kappa shape index (κ3) is 3.79. The van der Waals surface area contributed by atoms with E-state index in [1.165, 1.54) is 18.9 Å². The zero-order valence-corrected chi connectivity index (χ0v) is 15.5. The maximum absolute atomic E-state index is 12.8. The number of piperazine rings is 1. The lowest BCUT2D eigenvalue weighted by Crippen LogP contribution is -2.51. The van der Waals surface area contributed by atoms with Gasteiger partial charge in [0, 0.05) is 46.1 Å². The highest BCUT2D eigenvalue weighted by molar-refractivity contribution is 6.05. The van der Waals surface area contributed by atoms with Crippen molar-refractivity contribution in [2.45, 2.75) is 13.3 Å². The summed E-state index contributed by atoms with van der Waals surface area (Å²) in [6, 6.07) is 6.73. The van der Waals surface area contributed by atoms with E-state index >= 15 is 0 Å². The largest absolute Gasteiger partial charge is 0.465 e. The van der Waals surface area contributed by atoms with Crippen molar-refractivity contribution in [3.8, 4) is 0 Å². The Morgan fingerprint density at radius 2 is 1.67 bits per heavy atom. The molecule has 144 valence electrons. The van der Waals surface area contributed by atoms with E-state index in [1.54, 1.807) is 34.1 Å². The molecule has 8 nitrogen and oxygen atoms in total. The van der Waals surface area contributed by atoms with E-state index in [9.17, 15) is 19.2 Å². The Morgan fingerprint density at radius 3 is 2.30 bits per heavy atom. The van der Waals surface area contributed by atoms with Crippen LogP contribution < -0.4 is 4.90 Å². The number of carbonyl (C=O) groups excluding carboxylic acids is 4. The molecular weight excluding hydrogens is 350 g/mol. The molecule has 1 aromatic carbocycles. The summed E-state index contributed by atoms with van der Waals surface area (Å²) in [4.78, 5) is 53.7. The summed E-state index contributed by atoms with van der Waals surface area (Å²) in [5.74, 6) is -1.24. The molecule has 0 aliphatic carbocycles. The molecule has 2 aliphatic rings. The number of esters is 1. The van der Waals surface area contributed by atoms with Crippen molar-refractivity contribution >= 4 is 29.4 Å². The molecular formula is C19H23N3O5. The third-order valence-electron chi connectivity index (χ3n) is 5.11. The van der Waals surface area contributed by atoms with Crippen molar-refractivity contribution in [1.29, 1.82) is 0 Å². The monoisotopic (exact) mass is 373 g/mol. The molecule has 3 amide bonds. The van der Waals surface area contributed by atoms with E-state index in [4.69, 9.17) is 4.74 Å². The maximum atomic E-state index is 12.8. The summed E-state index contributed by atoms with van der Waals surface area (Å²) >= 11 is 0. The predicted molar refractivity (Wildman–Crippen MR) is 97.1 cm³/mol. The molecule has 1 aromatic rings. The Labute approximate surface area is 157 Å². The van der Waals surface area contributed by atoms with Gasteiger partial charge in [-0.25, -0.2) is 4.79 Å². The van der Waals surface area contributed by atoms with Crippen LogP contribution in [0, 0.1) is 5.92 Å². The number of methoxy groups -OCH3 is 1. The average molecular weight is 373 g/mol. The first kappa shape index (κ1) is 18.9. The van der Waals surface area contributed by atoms with E-state index in [0.717, 1.165) is 0 Å². The second-order valence-electron chi connectivity index (χ2n) is 6.75. The minimum absolute atomic E-state index is 0.00346. The van der Waals surface area contributed by atoms with Gasteiger partial charge in [0.2, 0.25) is 17.7 Å². The van der Waals surface area contributed by atoms with Gasteiger partial charge in [0.05, 0.1) is 24.3 Å². The molecule has 2 aliphatic heterocycles. The minimum Gasteiger partial charge on any atom is -0.465 e. The number of nitrogens with zero attached hydrogens (tertiary/aromatic N) is 3. The number of amides is 3. The molecule has 1 atom stereocenters. The predicted octanol–water partition coefficient (Wildman–Crippen LogP) is 0.517. The van der Waals surface area contributed by atoms with E-state index in [0.29, 0.717) is 37.4 Å². The Hall–Kier alpha value is -2.90. The third-order valence-corrected chi connectivity index (χ3v) is 5.11. The standard InChI is InChI=1S/C19H23N3O5/c1-13(23)20-7-9-21(10-8-20)18(25)14-11-17(24)22(12-14)16-6-4-3-5-15(16)19(26)27-2/h3-6,14H,7-12H2,1-2H3. The molecule has 1 unspecified atom stereocenters. The van der Waals surface area contributed by atoms with Crippen LogP contribution in [0.1, 0.15) is 23.7 Å². The first-order chi connectivity index (χ1) is 12.9. The van der Waals surface area contributed by atoms with Crippen LogP contribution >= 0.6 is 0 Å². The lowest BCUT2D eigenvalue weighted by atomic mass is 10.1. The van der Waals surface area contributed by atoms with Crippen LogP contribution in [-0.2, 0) is 19.1 Å². The molecule has 2 heterocycles. The smallest absolute Gasteiger partial charge is 0.339 e. The minimum atomic E-state index is -0.520. The molecule has 0 N–H and O–H groups in total. The highest BCUT2D eigenvalue weighted by Crippen LogP contribution is 2.29. The number of anilines is 1. The van der Waals surface area contributed by atoms with Gasteiger partial charge in [-0.3, -0.25) is 14.4 Å². The fraction of sp³-hybridized carbons (Fsp3) is 0.474. The van der Waals surface area contributed by atoms with Gasteiger partial charge in [-0.15, -0.1) is 0 Å². The van der Waals surface area contributed by atoms with Gasteiger partial charge in [0.1, 0.15) is 0 Å². The molecule has 0 radical (unpaired) electrons. The zero-order valence-electron chi connectivity index (χ0n) is 15.5. The lowest BCUT2D eigenvalue weighted by molar-refractivity contribution is -0.141. The first-order valence-electron chi connectivity index (χ1n) is 8.94. The van der Waals surface area contributed by atoms with Crippen LogP contribution in [0.25, 0.3) is 0 Å². The van der Waals surface area contributed by atoms with Crippen LogP contribution in [0.5, 0.6) is 0 Å². The van der Waals surface area contributed by atoms with Gasteiger partial charge in [-0.05, 0) is 12.1 Å². The fourth-order valence-corrected chi connectivity index (χ4v) is 3.60. The first-order valence-corrected chi connectivity index (χ1v) is 8.94. The number of benzene rings is 1. The van der Waals surface area contributed by atoms with Crippen molar-refractivity contribution in [2.24, 2.45) is 5.92 Å². The van der Waals surface area contributed by atoms with E-state index in [2.05, 4.69) is 0 Å². The summed E-state index contributed by atoms with van der Waals surface area (Å²) in [5.41, 5.74) is 0.766. The van der Waals surface area contributed by atoms with E-state index in [1.807, 2.05) is 0 Å². The van der Waals surface area contributed by atoms with Crippen molar-refractivity contribution in [1.82, 2.24) is 9.80 Å². The van der Waals surface area contributed by atoms with Crippen molar-refractivity contribution < 1.29 is 23.9 Å². The molecule has 2 fully saturated rings. The van der Waals surface area contributed by atoms with Gasteiger partial charge in [-0.2, -0.15) is 0 Å². The molecule has 0 aromatic heterocycles. The van der Waals surface area contributed by atoms with Crippen molar-refractivity contribution in [2.75, 3.05) is 44.7 Å².